The van der Waals surface area contributed by atoms with E-state index in [-0.39, 0.29) is 30.6 Å². The molecular weight excluding hydrogens is 444 g/mol. The van der Waals surface area contributed by atoms with E-state index < -0.39 is 40.0 Å². The first-order valence-electron chi connectivity index (χ1n) is 13.4. The summed E-state index contributed by atoms with van der Waals surface area (Å²) in [7, 11) is 0. The Bertz CT molecular complexity index is 869. The third-order valence-electron chi connectivity index (χ3n) is 10.7. The van der Waals surface area contributed by atoms with Crippen molar-refractivity contribution in [2.24, 2.45) is 28.1 Å². The molecule has 0 aromatic heterocycles. The van der Waals surface area contributed by atoms with Crippen molar-refractivity contribution in [3.05, 3.63) is 12.7 Å². The fourth-order valence-corrected chi connectivity index (χ4v) is 8.51. The molecule has 0 spiro atoms. The summed E-state index contributed by atoms with van der Waals surface area (Å²) in [5, 5.41) is 26.8. The number of ketones is 1. The highest BCUT2D eigenvalue weighted by molar-refractivity contribution is 5.86. The first kappa shape index (κ1) is 26.8. The minimum atomic E-state index is -0.993. The van der Waals surface area contributed by atoms with E-state index in [9.17, 15) is 19.8 Å². The molecule has 10 unspecified atom stereocenters. The van der Waals surface area contributed by atoms with Crippen LogP contribution in [-0.4, -0.2) is 76.4 Å². The monoisotopic (exact) mass is 490 g/mol. The van der Waals surface area contributed by atoms with Crippen LogP contribution in [0.2, 0.25) is 0 Å². The zero-order valence-electron chi connectivity index (χ0n) is 22.5. The van der Waals surface area contributed by atoms with Gasteiger partial charge in [-0.25, -0.2) is 0 Å². The lowest BCUT2D eigenvalue weighted by molar-refractivity contribution is -0.252. The van der Waals surface area contributed by atoms with Gasteiger partial charge in [0, 0.05) is 48.3 Å². The Labute approximate surface area is 210 Å². The Morgan fingerprint density at radius 2 is 1.77 bits per heavy atom. The van der Waals surface area contributed by atoms with Gasteiger partial charge >= 0.3 is 5.97 Å². The second-order valence-corrected chi connectivity index (χ2v) is 12.9. The number of esters is 1. The summed E-state index contributed by atoms with van der Waals surface area (Å²) in [6, 6.07) is 0.589. The second-order valence-electron chi connectivity index (χ2n) is 12.9. The molecule has 1 saturated heterocycles. The quantitative estimate of drug-likeness (QED) is 0.412. The molecule has 4 aliphatic rings. The fraction of sp³-hybridized carbons (Fsp3) is 0.857. The van der Waals surface area contributed by atoms with Crippen molar-refractivity contribution in [2.75, 3.05) is 19.6 Å². The Kier molecular flexibility index (Phi) is 6.83. The maximum absolute atomic E-state index is 13.5. The lowest BCUT2D eigenvalue weighted by atomic mass is 9.42. The van der Waals surface area contributed by atoms with Crippen LogP contribution in [0.3, 0.4) is 0 Å². The van der Waals surface area contributed by atoms with Crippen LogP contribution < -0.4 is 5.32 Å². The molecule has 4 fully saturated rings. The Balaban J connectivity index is 1.69. The van der Waals surface area contributed by atoms with Gasteiger partial charge in [0.2, 0.25) is 0 Å². The molecule has 7 heteroatoms. The third-order valence-corrected chi connectivity index (χ3v) is 10.7. The molecule has 0 aromatic rings. The van der Waals surface area contributed by atoms with Crippen molar-refractivity contribution >= 4 is 11.8 Å². The predicted molar refractivity (Wildman–Crippen MR) is 135 cm³/mol. The summed E-state index contributed by atoms with van der Waals surface area (Å²) in [5.41, 5.74) is -3.09. The van der Waals surface area contributed by atoms with Crippen LogP contribution in [0.4, 0.5) is 0 Å². The van der Waals surface area contributed by atoms with Gasteiger partial charge < -0.3 is 20.3 Å². The molecule has 0 aromatic carbocycles. The van der Waals surface area contributed by atoms with Crippen molar-refractivity contribution in [1.29, 1.82) is 0 Å². The Morgan fingerprint density at radius 3 is 2.37 bits per heavy atom. The van der Waals surface area contributed by atoms with Crippen LogP contribution in [0.1, 0.15) is 73.6 Å². The average Bonchev–Trinajstić information content (AvgIpc) is 3.12. The molecule has 0 amide bonds. The van der Waals surface area contributed by atoms with Gasteiger partial charge in [0.1, 0.15) is 11.4 Å². The molecular formula is C28H46N2O5. The van der Waals surface area contributed by atoms with Crippen LogP contribution in [0.5, 0.6) is 0 Å². The number of nitrogens with one attached hydrogen (secondary N) is 1. The van der Waals surface area contributed by atoms with Gasteiger partial charge in [0.05, 0.1) is 18.8 Å². The van der Waals surface area contributed by atoms with Gasteiger partial charge in [-0.3, -0.25) is 14.5 Å². The summed E-state index contributed by atoms with van der Waals surface area (Å²) in [4.78, 5) is 29.0. The third kappa shape index (κ3) is 4.01. The number of nitrogens with zero attached hydrogens (tertiary/aromatic N) is 1. The second kappa shape index (κ2) is 8.93. The molecule has 198 valence electrons. The maximum atomic E-state index is 13.5. The normalized spacial score (nSPS) is 50.7. The number of Topliss-reactive ketones (excluding diaryl/α,β-unsaturated/α-hetero) is 1. The van der Waals surface area contributed by atoms with Crippen molar-refractivity contribution in [3.8, 4) is 0 Å². The van der Waals surface area contributed by atoms with Crippen LogP contribution in [-0.2, 0) is 14.3 Å². The SMILES string of the molecule is C=CC1(C)CC(O)C2(C)C3C(=O)CCC3(CCC2(C)OC(=O)CN2CC(C)NC(C)C2)C(C)C1O. The number of ether oxygens (including phenoxy) is 1. The van der Waals surface area contributed by atoms with Gasteiger partial charge in [-0.15, -0.1) is 6.58 Å². The number of carbonyl (C=O) groups is 2. The number of rotatable bonds is 4. The van der Waals surface area contributed by atoms with Gasteiger partial charge in [-0.05, 0) is 57.8 Å². The summed E-state index contributed by atoms with van der Waals surface area (Å²) in [6.07, 6.45) is 2.75. The molecule has 4 rings (SSSR count). The van der Waals surface area contributed by atoms with E-state index in [1.165, 1.54) is 0 Å². The minimum Gasteiger partial charge on any atom is -0.458 e. The summed E-state index contributed by atoms with van der Waals surface area (Å²) < 4.78 is 6.32. The van der Waals surface area contributed by atoms with Gasteiger partial charge in [-0.1, -0.05) is 26.8 Å². The van der Waals surface area contributed by atoms with Crippen LogP contribution in [0, 0.1) is 28.1 Å². The molecule has 3 saturated carbocycles. The summed E-state index contributed by atoms with van der Waals surface area (Å²) in [6.45, 7) is 17.8. The highest BCUT2D eigenvalue weighted by Crippen LogP contribution is 2.69. The first-order chi connectivity index (χ1) is 16.2. The number of piperazine rings is 1. The van der Waals surface area contributed by atoms with E-state index in [4.69, 9.17) is 4.74 Å². The molecule has 1 heterocycles. The van der Waals surface area contributed by atoms with Crippen molar-refractivity contribution in [3.63, 3.8) is 0 Å². The van der Waals surface area contributed by atoms with Crippen molar-refractivity contribution in [1.82, 2.24) is 10.2 Å². The predicted octanol–water partition coefficient (Wildman–Crippen LogP) is 2.69. The fourth-order valence-electron chi connectivity index (χ4n) is 8.51. The van der Waals surface area contributed by atoms with E-state index in [0.29, 0.717) is 37.8 Å². The largest absolute Gasteiger partial charge is 0.458 e. The van der Waals surface area contributed by atoms with Crippen molar-refractivity contribution in [2.45, 2.75) is 104 Å². The number of carbonyl (C=O) groups excluding carboxylic acids is 2. The Hall–Kier alpha value is -1.28. The van der Waals surface area contributed by atoms with Crippen LogP contribution >= 0.6 is 0 Å². The highest BCUT2D eigenvalue weighted by Gasteiger charge is 2.72. The van der Waals surface area contributed by atoms with Gasteiger partial charge in [0.25, 0.3) is 0 Å². The van der Waals surface area contributed by atoms with Crippen LogP contribution in [0.25, 0.3) is 0 Å². The maximum Gasteiger partial charge on any atom is 0.320 e. The highest BCUT2D eigenvalue weighted by atomic mass is 16.6. The van der Waals surface area contributed by atoms with E-state index in [1.54, 1.807) is 6.08 Å². The molecule has 7 nitrogen and oxygen atoms in total. The molecule has 3 aliphatic carbocycles. The molecule has 10 atom stereocenters. The number of aliphatic hydroxyl groups is 2. The number of hydrogen-bond acceptors (Lipinski definition) is 7. The first-order valence-corrected chi connectivity index (χ1v) is 13.4. The molecule has 35 heavy (non-hydrogen) atoms. The standard InChI is InChI=1S/C28H46N2O5/c1-8-25(5)13-21(32)27(7)23-20(31)9-10-28(23,19(4)24(25)34)12-11-26(27,6)35-22(33)16-30-14-17(2)29-18(3)15-30/h8,17-19,21,23-24,29,32,34H,1,9-16H2,2-7H3. The zero-order chi connectivity index (χ0) is 26.0. The lowest BCUT2D eigenvalue weighted by Crippen LogP contribution is -2.69. The number of aliphatic hydroxyl groups excluding tert-OH is 2. The zero-order valence-corrected chi connectivity index (χ0v) is 22.5. The van der Waals surface area contributed by atoms with E-state index in [1.807, 2.05) is 20.8 Å². The van der Waals surface area contributed by atoms with E-state index >= 15 is 0 Å². The molecule has 0 radical (unpaired) electrons. The van der Waals surface area contributed by atoms with Crippen LogP contribution in [0.15, 0.2) is 12.7 Å². The summed E-state index contributed by atoms with van der Waals surface area (Å²) in [5.74, 6) is -0.783. The van der Waals surface area contributed by atoms with Crippen molar-refractivity contribution < 1.29 is 24.5 Å². The molecule has 3 N–H and O–H groups in total. The van der Waals surface area contributed by atoms with E-state index in [0.717, 1.165) is 13.1 Å². The summed E-state index contributed by atoms with van der Waals surface area (Å²) >= 11 is 0. The lowest BCUT2D eigenvalue weighted by Gasteiger charge is -2.64. The molecule has 2 bridgehead atoms. The van der Waals surface area contributed by atoms with E-state index in [2.05, 4.69) is 37.6 Å². The minimum absolute atomic E-state index is 0.125. The Morgan fingerprint density at radius 1 is 1.14 bits per heavy atom. The smallest absolute Gasteiger partial charge is 0.320 e. The molecule has 1 aliphatic heterocycles. The topological polar surface area (TPSA) is 99.1 Å². The van der Waals surface area contributed by atoms with Gasteiger partial charge in [0.15, 0.2) is 0 Å². The average molecular weight is 491 g/mol. The van der Waals surface area contributed by atoms with Gasteiger partial charge in [-0.2, -0.15) is 0 Å². The number of hydrogen-bond donors (Lipinski definition) is 3.